The van der Waals surface area contributed by atoms with Gasteiger partial charge in [0, 0.05) is 18.4 Å². The summed E-state index contributed by atoms with van der Waals surface area (Å²) in [5.74, 6) is 4.38. The summed E-state index contributed by atoms with van der Waals surface area (Å²) in [4.78, 5) is 12.4. The van der Waals surface area contributed by atoms with Crippen LogP contribution in [0, 0.1) is 29.6 Å². The van der Waals surface area contributed by atoms with Crippen molar-refractivity contribution in [2.24, 2.45) is 35.3 Å². The van der Waals surface area contributed by atoms with Gasteiger partial charge in [0.2, 0.25) is 0 Å². The van der Waals surface area contributed by atoms with Crippen molar-refractivity contribution in [3.8, 4) is 0 Å². The van der Waals surface area contributed by atoms with E-state index in [1.807, 2.05) is 6.92 Å². The van der Waals surface area contributed by atoms with Crippen molar-refractivity contribution in [2.75, 3.05) is 0 Å². The summed E-state index contributed by atoms with van der Waals surface area (Å²) < 4.78 is 0. The van der Waals surface area contributed by atoms with Gasteiger partial charge in [0.15, 0.2) is 0 Å². The molecule has 0 aliphatic heterocycles. The molecule has 2 N–H and O–H groups in total. The van der Waals surface area contributed by atoms with Crippen molar-refractivity contribution in [1.82, 2.24) is 0 Å². The van der Waals surface area contributed by atoms with Crippen LogP contribution in [0.5, 0.6) is 0 Å². The number of ketones is 1. The summed E-state index contributed by atoms with van der Waals surface area (Å²) in [5, 5.41) is 0. The standard InChI is InChI=1S/C15H25NO/c1-9(16)2-3-14(17)15-12-5-10-4-11(7-12)8-13(15)6-10/h9-13,15H,2-8,16H2,1H3. The Morgan fingerprint density at radius 1 is 1.12 bits per heavy atom. The van der Waals surface area contributed by atoms with E-state index in [1.54, 1.807) is 0 Å². The Bertz CT molecular complexity index is 282. The minimum absolute atomic E-state index is 0.177. The van der Waals surface area contributed by atoms with Crippen molar-refractivity contribution >= 4 is 5.78 Å². The first kappa shape index (κ1) is 11.7. The normalized spacial score (nSPS) is 44.9. The van der Waals surface area contributed by atoms with Crippen molar-refractivity contribution in [3.63, 3.8) is 0 Å². The highest BCUT2D eigenvalue weighted by Crippen LogP contribution is 2.56. The maximum atomic E-state index is 12.4. The van der Waals surface area contributed by atoms with Gasteiger partial charge in [0.25, 0.3) is 0 Å². The Morgan fingerprint density at radius 3 is 2.12 bits per heavy atom. The molecular formula is C15H25NO. The fraction of sp³-hybridized carbons (Fsp3) is 0.933. The minimum atomic E-state index is 0.177. The van der Waals surface area contributed by atoms with Crippen LogP contribution in [-0.2, 0) is 4.79 Å². The van der Waals surface area contributed by atoms with Gasteiger partial charge in [-0.3, -0.25) is 4.79 Å². The second kappa shape index (κ2) is 4.38. The number of hydrogen-bond donors (Lipinski definition) is 1. The van der Waals surface area contributed by atoms with Gasteiger partial charge in [-0.25, -0.2) is 0 Å². The van der Waals surface area contributed by atoms with Crippen LogP contribution in [0.3, 0.4) is 0 Å². The lowest BCUT2D eigenvalue weighted by Crippen LogP contribution is -2.48. The van der Waals surface area contributed by atoms with Crippen LogP contribution in [0.2, 0.25) is 0 Å². The second-order valence-corrected chi connectivity index (χ2v) is 6.94. The Morgan fingerprint density at radius 2 is 1.65 bits per heavy atom. The number of carbonyl (C=O) groups excluding carboxylic acids is 1. The predicted molar refractivity (Wildman–Crippen MR) is 68.4 cm³/mol. The molecule has 0 heterocycles. The predicted octanol–water partition coefficient (Wildman–Crippen LogP) is 2.76. The highest BCUT2D eigenvalue weighted by atomic mass is 16.1. The van der Waals surface area contributed by atoms with Crippen LogP contribution in [0.25, 0.3) is 0 Å². The van der Waals surface area contributed by atoms with E-state index < -0.39 is 0 Å². The van der Waals surface area contributed by atoms with Crippen LogP contribution in [-0.4, -0.2) is 11.8 Å². The summed E-state index contributed by atoms with van der Waals surface area (Å²) in [6, 6.07) is 0.177. The molecule has 0 saturated heterocycles. The Hall–Kier alpha value is -0.370. The monoisotopic (exact) mass is 235 g/mol. The van der Waals surface area contributed by atoms with Gasteiger partial charge < -0.3 is 5.73 Å². The molecule has 0 aromatic rings. The Labute approximate surface area is 104 Å². The van der Waals surface area contributed by atoms with E-state index in [0.717, 1.165) is 36.5 Å². The fourth-order valence-corrected chi connectivity index (χ4v) is 4.99. The Kier molecular flexibility index (Phi) is 3.02. The molecule has 1 unspecified atom stereocenters. The van der Waals surface area contributed by atoms with Crippen LogP contribution in [0.4, 0.5) is 0 Å². The molecule has 0 aromatic carbocycles. The van der Waals surface area contributed by atoms with Gasteiger partial charge in [-0.15, -0.1) is 0 Å². The third-order valence-corrected chi connectivity index (χ3v) is 5.44. The van der Waals surface area contributed by atoms with Crippen molar-refractivity contribution < 1.29 is 4.79 Å². The first-order valence-electron chi connectivity index (χ1n) is 7.41. The molecule has 4 fully saturated rings. The van der Waals surface area contributed by atoms with Gasteiger partial charge >= 0.3 is 0 Å². The van der Waals surface area contributed by atoms with Crippen LogP contribution >= 0.6 is 0 Å². The minimum Gasteiger partial charge on any atom is -0.328 e. The molecule has 4 rings (SSSR count). The lowest BCUT2D eigenvalue weighted by molar-refractivity contribution is -0.136. The molecule has 0 aromatic heterocycles. The SMILES string of the molecule is CC(N)CCC(=O)C1C2CC3CC(C2)CC1C3. The quantitative estimate of drug-likeness (QED) is 0.814. The topological polar surface area (TPSA) is 43.1 Å². The van der Waals surface area contributed by atoms with E-state index >= 15 is 0 Å². The number of Topliss-reactive ketones (excluding diaryl/α,β-unsaturated/α-hetero) is 1. The number of nitrogens with two attached hydrogens (primary N) is 1. The number of carbonyl (C=O) groups is 1. The molecular weight excluding hydrogens is 210 g/mol. The van der Waals surface area contributed by atoms with E-state index in [0.29, 0.717) is 11.7 Å². The van der Waals surface area contributed by atoms with Crippen LogP contribution < -0.4 is 5.73 Å². The fourth-order valence-electron chi connectivity index (χ4n) is 4.99. The summed E-state index contributed by atoms with van der Waals surface area (Å²) >= 11 is 0. The van der Waals surface area contributed by atoms with E-state index in [-0.39, 0.29) is 6.04 Å². The zero-order chi connectivity index (χ0) is 12.0. The average Bonchev–Trinajstić information content (AvgIpc) is 2.24. The molecule has 4 aliphatic carbocycles. The lowest BCUT2D eigenvalue weighted by atomic mass is 9.51. The Balaban J connectivity index is 1.65. The second-order valence-electron chi connectivity index (χ2n) is 6.94. The molecule has 4 bridgehead atoms. The molecule has 17 heavy (non-hydrogen) atoms. The largest absolute Gasteiger partial charge is 0.328 e. The van der Waals surface area contributed by atoms with E-state index in [1.165, 1.54) is 32.1 Å². The average molecular weight is 235 g/mol. The van der Waals surface area contributed by atoms with Gasteiger partial charge in [-0.05, 0) is 69.1 Å². The third kappa shape index (κ3) is 2.16. The van der Waals surface area contributed by atoms with E-state index in [9.17, 15) is 4.79 Å². The lowest BCUT2D eigenvalue weighted by Gasteiger charge is -2.53. The number of hydrogen-bond acceptors (Lipinski definition) is 2. The van der Waals surface area contributed by atoms with Crippen LogP contribution in [0.1, 0.15) is 51.9 Å². The van der Waals surface area contributed by atoms with E-state index in [2.05, 4.69) is 0 Å². The van der Waals surface area contributed by atoms with Gasteiger partial charge in [0.1, 0.15) is 5.78 Å². The molecule has 2 nitrogen and oxygen atoms in total. The smallest absolute Gasteiger partial charge is 0.136 e. The number of rotatable bonds is 4. The maximum absolute atomic E-state index is 12.4. The van der Waals surface area contributed by atoms with Crippen LogP contribution in [0.15, 0.2) is 0 Å². The first-order valence-corrected chi connectivity index (χ1v) is 7.41. The summed E-state index contributed by atoms with van der Waals surface area (Å²) in [5.41, 5.74) is 5.76. The molecule has 4 saturated carbocycles. The zero-order valence-electron chi connectivity index (χ0n) is 10.9. The first-order chi connectivity index (χ1) is 8.13. The van der Waals surface area contributed by atoms with E-state index in [4.69, 9.17) is 5.73 Å². The summed E-state index contributed by atoms with van der Waals surface area (Å²) in [6.45, 7) is 2.00. The highest BCUT2D eigenvalue weighted by molar-refractivity contribution is 5.82. The third-order valence-electron chi connectivity index (χ3n) is 5.44. The van der Waals surface area contributed by atoms with Crippen molar-refractivity contribution in [1.29, 1.82) is 0 Å². The summed E-state index contributed by atoms with van der Waals surface area (Å²) in [6.07, 6.45) is 8.46. The molecule has 2 heteroatoms. The van der Waals surface area contributed by atoms with Gasteiger partial charge in [-0.1, -0.05) is 0 Å². The van der Waals surface area contributed by atoms with Gasteiger partial charge in [-0.2, -0.15) is 0 Å². The molecule has 96 valence electrons. The highest BCUT2D eigenvalue weighted by Gasteiger charge is 2.50. The molecule has 4 aliphatic rings. The summed E-state index contributed by atoms with van der Waals surface area (Å²) in [7, 11) is 0. The van der Waals surface area contributed by atoms with Gasteiger partial charge in [0.05, 0.1) is 0 Å². The van der Waals surface area contributed by atoms with Crippen molar-refractivity contribution in [3.05, 3.63) is 0 Å². The molecule has 0 radical (unpaired) electrons. The molecule has 0 spiro atoms. The maximum Gasteiger partial charge on any atom is 0.136 e. The molecule has 0 amide bonds. The van der Waals surface area contributed by atoms with Crippen molar-refractivity contribution in [2.45, 2.75) is 57.9 Å². The zero-order valence-corrected chi connectivity index (χ0v) is 10.9. The molecule has 1 atom stereocenters.